The molecule has 11 aromatic carbocycles. The molecule has 0 aliphatic heterocycles. The van der Waals surface area contributed by atoms with Gasteiger partial charge in [0.1, 0.15) is 0 Å². The van der Waals surface area contributed by atoms with E-state index in [2.05, 4.69) is 59.4 Å². The van der Waals surface area contributed by atoms with Crippen LogP contribution in [0.2, 0.25) is 0 Å². The molecule has 0 saturated heterocycles. The first-order chi connectivity index (χ1) is 48.0. The first-order valence-corrected chi connectivity index (χ1v) is 29.4. The van der Waals surface area contributed by atoms with Crippen LogP contribution in [-0.2, 0) is 6.18 Å². The summed E-state index contributed by atoms with van der Waals surface area (Å²) in [5, 5.41) is 75.1. The lowest BCUT2D eigenvalue weighted by Gasteiger charge is -2.21. The minimum atomic E-state index is -4.67. The van der Waals surface area contributed by atoms with Crippen molar-refractivity contribution in [2.24, 2.45) is 0 Å². The van der Waals surface area contributed by atoms with E-state index in [9.17, 15) is 50.0 Å². The topological polar surface area (TPSA) is 203 Å². The summed E-state index contributed by atoms with van der Waals surface area (Å²) < 4.78 is 47.1. The molecule has 99 heavy (non-hydrogen) atoms. The Morgan fingerprint density at radius 1 is 0.323 bits per heavy atom. The summed E-state index contributed by atoms with van der Waals surface area (Å²) in [5.41, 5.74) is 7.69. The third-order valence-electron chi connectivity index (χ3n) is 17.4. The van der Waals surface area contributed by atoms with E-state index >= 15 is 0 Å². The van der Waals surface area contributed by atoms with Gasteiger partial charge in [0.2, 0.25) is 0 Å². The summed E-state index contributed by atoms with van der Waals surface area (Å²) in [6.45, 7) is 49.9. The third-order valence-corrected chi connectivity index (χ3v) is 17.4. The van der Waals surface area contributed by atoms with Crippen molar-refractivity contribution < 1.29 is 13.2 Å². The number of aromatic nitrogens is 2. The Morgan fingerprint density at radius 2 is 0.697 bits per heavy atom. The normalized spacial score (nSPS) is 10.7. The van der Waals surface area contributed by atoms with Gasteiger partial charge in [0.05, 0.1) is 138 Å². The molecule has 0 radical (unpaired) electrons. The Hall–Kier alpha value is -15.8. The molecule has 0 spiro atoms. The van der Waals surface area contributed by atoms with Crippen molar-refractivity contribution in [3.63, 3.8) is 0 Å². The maximum Gasteiger partial charge on any atom is 0.416 e. The molecule has 0 aliphatic rings. The zero-order valence-corrected chi connectivity index (χ0v) is 51.1. The Kier molecular flexibility index (Phi) is 15.2. The Bertz CT molecular complexity index is 6040. The van der Waals surface area contributed by atoms with E-state index < -0.39 is 11.7 Å². The number of benzene rings is 11. The van der Waals surface area contributed by atoms with Crippen LogP contribution in [0.4, 0.5) is 47.3 Å². The molecular weight excluding hydrogens is 1240 g/mol. The number of halogens is 3. The van der Waals surface area contributed by atoms with Gasteiger partial charge in [-0.3, -0.25) is 0 Å². The predicted octanol–water partition coefficient (Wildman–Crippen LogP) is 21.6. The molecule has 2 heterocycles. The lowest BCUT2D eigenvalue weighted by molar-refractivity contribution is -0.137. The SMILES string of the molecule is [C-]#[N+]c1cc(C#N)c(-c2ccc3c(c2)c2cc(-c4c(C#N)cc(C#N)cc4[N+]#[C-])ccc2n3-c2ccc(-c3ccc(C(F)(F)F)cc3C)cc2-c2ccc(C#N)cc2-n2c3ccc(-c4c(C#N)cc(C#N)cc4[N+]#[C-])cc3c3cc(-c4c(C#N)cc([N+]#[C-])cc4[N+]#[C-])ccc32)c([N+]#[C-])c1. The monoisotopic (exact) mass is 1270 g/mol. The fraction of sp³-hybridized carbons (Fsp3) is 0.0247. The second-order valence-corrected chi connectivity index (χ2v) is 22.7. The van der Waals surface area contributed by atoms with Crippen LogP contribution in [0.25, 0.3) is 151 Å². The first-order valence-electron chi connectivity index (χ1n) is 29.4. The van der Waals surface area contributed by atoms with Crippen LogP contribution in [0.5, 0.6) is 0 Å². The first kappa shape index (κ1) is 62.0. The standard InChI is InChI=1S/C81H32F3N15/c1-44-22-57(81(82,83)84)14-16-60(44)48-9-17-71(98-72-18-10-49(77-53(40-88)23-46(38-86)25-67(77)94-4)31-63(72)64-33-51(11-19-73(64)98)79-55(42-90)28-58(92-2)35-69(79)96-6)62(30-48)61-15-8-45(37-85)27-76(61)99-74-20-12-50(78-54(41-89)24-47(39-87)26-68(78)95-5)32-65(74)66-34-52(13-21-75(66)99)80-56(43-91)29-59(93-3)36-70(80)97-7/h8-36H,1H3. The van der Waals surface area contributed by atoms with Gasteiger partial charge in [-0.05, 0) is 167 Å². The van der Waals surface area contributed by atoms with Crippen molar-refractivity contribution in [3.8, 4) is 121 Å². The maximum atomic E-state index is 14.4. The molecule has 2 aromatic heterocycles. The van der Waals surface area contributed by atoms with Crippen LogP contribution in [-0.4, -0.2) is 9.13 Å². The Labute approximate surface area is 562 Å². The number of nitriles is 7. The summed E-state index contributed by atoms with van der Waals surface area (Å²) in [6.07, 6.45) is -4.67. The summed E-state index contributed by atoms with van der Waals surface area (Å²) in [4.78, 5) is 22.0. The molecule has 0 N–H and O–H groups in total. The molecule has 0 saturated carbocycles. The van der Waals surface area contributed by atoms with E-state index in [1.165, 1.54) is 54.6 Å². The van der Waals surface area contributed by atoms with Crippen LogP contribution >= 0.6 is 0 Å². The molecule has 0 atom stereocenters. The van der Waals surface area contributed by atoms with Gasteiger partial charge in [-0.1, -0.05) is 54.6 Å². The predicted molar refractivity (Wildman–Crippen MR) is 368 cm³/mol. The average molecular weight is 1270 g/mol. The van der Waals surface area contributed by atoms with Gasteiger partial charge >= 0.3 is 6.18 Å². The van der Waals surface area contributed by atoms with Gasteiger partial charge in [0.25, 0.3) is 0 Å². The minimum absolute atomic E-state index is 0.0245. The number of aryl methyl sites for hydroxylation is 1. The molecule has 0 fully saturated rings. The van der Waals surface area contributed by atoms with E-state index in [1.54, 1.807) is 104 Å². The highest BCUT2D eigenvalue weighted by molar-refractivity contribution is 6.15. The van der Waals surface area contributed by atoms with Crippen LogP contribution < -0.4 is 0 Å². The number of hydrogen-bond acceptors (Lipinski definition) is 7. The van der Waals surface area contributed by atoms with Crippen molar-refractivity contribution in [2.45, 2.75) is 13.1 Å². The smallest absolute Gasteiger partial charge is 0.309 e. The van der Waals surface area contributed by atoms with Crippen molar-refractivity contribution in [3.05, 3.63) is 294 Å². The van der Waals surface area contributed by atoms with Gasteiger partial charge in [-0.15, -0.1) is 0 Å². The van der Waals surface area contributed by atoms with Crippen LogP contribution in [0.3, 0.4) is 0 Å². The van der Waals surface area contributed by atoms with E-state index in [4.69, 9.17) is 39.4 Å². The minimum Gasteiger partial charge on any atom is -0.309 e. The van der Waals surface area contributed by atoms with Crippen molar-refractivity contribution in [2.75, 3.05) is 0 Å². The molecule has 0 bridgehead atoms. The second kappa shape index (κ2) is 24.3. The van der Waals surface area contributed by atoms with Crippen LogP contribution in [0.15, 0.2) is 176 Å². The average Bonchev–Trinajstić information content (AvgIpc) is 1.58. The zero-order chi connectivity index (χ0) is 69.7. The Balaban J connectivity index is 1.17. The molecule has 0 aliphatic carbocycles. The highest BCUT2D eigenvalue weighted by Crippen LogP contribution is 2.49. The number of nitrogens with zero attached hydrogens (tertiary/aromatic N) is 15. The van der Waals surface area contributed by atoms with Crippen molar-refractivity contribution >= 4 is 77.7 Å². The summed E-state index contributed by atoms with van der Waals surface area (Å²) in [6, 6.07) is 61.3. The maximum absolute atomic E-state index is 14.4. The molecular formula is C81H32F3N15. The number of rotatable bonds is 8. The van der Waals surface area contributed by atoms with Crippen LogP contribution in [0, 0.1) is 126 Å². The zero-order valence-electron chi connectivity index (χ0n) is 51.1. The molecule has 0 amide bonds. The Morgan fingerprint density at radius 3 is 1.06 bits per heavy atom. The number of fused-ring (bicyclic) bond motifs is 6. The number of alkyl halides is 3. The van der Waals surface area contributed by atoms with Gasteiger partial charge in [0, 0.05) is 77.2 Å². The van der Waals surface area contributed by atoms with Crippen LogP contribution in [0.1, 0.15) is 50.1 Å². The fourth-order valence-electron chi connectivity index (χ4n) is 13.1. The molecule has 18 heteroatoms. The summed E-state index contributed by atoms with van der Waals surface area (Å²) in [7, 11) is 0. The summed E-state index contributed by atoms with van der Waals surface area (Å²) in [5.74, 6) is 0. The van der Waals surface area contributed by atoms with E-state index in [1.807, 2.05) is 33.4 Å². The molecule has 15 nitrogen and oxygen atoms in total. The third kappa shape index (κ3) is 10.2. The molecule has 13 aromatic rings. The summed E-state index contributed by atoms with van der Waals surface area (Å²) >= 11 is 0. The van der Waals surface area contributed by atoms with Crippen molar-refractivity contribution in [1.82, 2.24) is 9.13 Å². The van der Waals surface area contributed by atoms with E-state index in [0.29, 0.717) is 105 Å². The lowest BCUT2D eigenvalue weighted by Crippen LogP contribution is -2.05. The van der Waals surface area contributed by atoms with Crippen molar-refractivity contribution in [1.29, 1.82) is 36.8 Å². The largest absolute Gasteiger partial charge is 0.416 e. The van der Waals surface area contributed by atoms with E-state index in [-0.39, 0.29) is 95.3 Å². The molecule has 13 rings (SSSR count). The second-order valence-electron chi connectivity index (χ2n) is 22.7. The van der Waals surface area contributed by atoms with E-state index in [0.717, 1.165) is 12.1 Å². The highest BCUT2D eigenvalue weighted by atomic mass is 19.4. The van der Waals surface area contributed by atoms with Gasteiger partial charge in [-0.2, -0.15) is 50.0 Å². The quantitative estimate of drug-likeness (QED) is 0.135. The van der Waals surface area contributed by atoms with Gasteiger partial charge < -0.3 is 9.13 Å². The molecule has 452 valence electrons. The fourth-order valence-corrected chi connectivity index (χ4v) is 13.1. The molecule has 0 unspecified atom stereocenters. The lowest BCUT2D eigenvalue weighted by atomic mass is 9.92. The van der Waals surface area contributed by atoms with Gasteiger partial charge in [0.15, 0.2) is 34.1 Å². The van der Waals surface area contributed by atoms with Gasteiger partial charge in [-0.25, -0.2) is 29.1 Å². The number of hydrogen-bond donors (Lipinski definition) is 0. The highest BCUT2D eigenvalue weighted by Gasteiger charge is 2.32.